The molecule has 3 rings (SSSR count). The molecule has 0 saturated carbocycles. The summed E-state index contributed by atoms with van der Waals surface area (Å²) in [6, 6.07) is 19.3. The van der Waals surface area contributed by atoms with Crippen LogP contribution in [0.25, 0.3) is 22.7 Å². The number of ether oxygens (including phenoxy) is 1. The van der Waals surface area contributed by atoms with Gasteiger partial charge in [-0.25, -0.2) is 4.98 Å². The summed E-state index contributed by atoms with van der Waals surface area (Å²) < 4.78 is 10.5. The second kappa shape index (κ2) is 8.64. The Kier molecular flexibility index (Phi) is 6.28. The van der Waals surface area contributed by atoms with Gasteiger partial charge in [0.15, 0.2) is 0 Å². The normalized spacial score (nSPS) is 9.79. The van der Waals surface area contributed by atoms with Crippen LogP contribution in [0.15, 0.2) is 65.1 Å². The summed E-state index contributed by atoms with van der Waals surface area (Å²) in [7, 11) is 2.36. The molecule has 0 atom stereocenters. The van der Waals surface area contributed by atoms with Crippen molar-refractivity contribution in [3.63, 3.8) is 0 Å². The minimum Gasteiger partial charge on any atom is -0.469 e. The molecule has 0 spiro atoms. The number of benzene rings is 2. The molecule has 1 heterocycles. The molecule has 1 aromatic heterocycles. The van der Waals surface area contributed by atoms with Crippen LogP contribution in [0, 0.1) is 0 Å². The predicted octanol–water partition coefficient (Wildman–Crippen LogP) is 3.33. The summed E-state index contributed by atoms with van der Waals surface area (Å²) in [4.78, 5) is 16.2. The van der Waals surface area contributed by atoms with E-state index in [0.717, 1.165) is 18.2 Å². The molecule has 0 aliphatic carbocycles. The van der Waals surface area contributed by atoms with E-state index in [1.54, 1.807) is 0 Å². The maximum absolute atomic E-state index is 11.6. The van der Waals surface area contributed by atoms with Crippen LogP contribution in [0.3, 0.4) is 0 Å². The first-order chi connectivity index (χ1) is 11.8. The van der Waals surface area contributed by atoms with Crippen LogP contribution < -0.4 is 0 Å². The fourth-order valence-electron chi connectivity index (χ4n) is 2.20. The zero-order valence-corrected chi connectivity index (χ0v) is 13.6. The van der Waals surface area contributed by atoms with Crippen molar-refractivity contribution in [1.29, 1.82) is 0 Å². The predicted molar refractivity (Wildman–Crippen MR) is 91.2 cm³/mol. The maximum Gasteiger partial charge on any atom is 0.313 e. The van der Waals surface area contributed by atoms with E-state index in [4.69, 9.17) is 14.3 Å². The van der Waals surface area contributed by atoms with Crippen LogP contribution in [0.2, 0.25) is 0 Å². The first-order valence-corrected chi connectivity index (χ1v) is 7.40. The summed E-state index contributed by atoms with van der Waals surface area (Å²) in [6.45, 7) is 0. The van der Waals surface area contributed by atoms with E-state index >= 15 is 0 Å². The number of aromatic nitrogens is 1. The Morgan fingerprint density at radius 3 is 2.08 bits per heavy atom. The van der Waals surface area contributed by atoms with Crippen molar-refractivity contribution >= 4 is 5.97 Å². The van der Waals surface area contributed by atoms with Gasteiger partial charge in [0.2, 0.25) is 5.89 Å². The summed E-state index contributed by atoms with van der Waals surface area (Å²) >= 11 is 0. The number of esters is 1. The van der Waals surface area contributed by atoms with Gasteiger partial charge in [-0.05, 0) is 12.1 Å². The molecule has 0 aliphatic rings. The second-order valence-electron chi connectivity index (χ2n) is 4.78. The Balaban J connectivity index is 0.00000100. The van der Waals surface area contributed by atoms with Crippen molar-refractivity contribution < 1.29 is 19.1 Å². The molecule has 2 aromatic carbocycles. The highest BCUT2D eigenvalue weighted by Gasteiger charge is 2.18. The second-order valence-corrected chi connectivity index (χ2v) is 4.78. The molecular weight excluding hydrogens is 306 g/mol. The smallest absolute Gasteiger partial charge is 0.313 e. The van der Waals surface area contributed by atoms with Gasteiger partial charge in [0.1, 0.15) is 17.9 Å². The number of aliphatic hydroxyl groups is 1. The summed E-state index contributed by atoms with van der Waals surface area (Å²) in [6.07, 6.45) is 0.0561. The van der Waals surface area contributed by atoms with Gasteiger partial charge in [-0.2, -0.15) is 0 Å². The Hall–Kier alpha value is -2.92. The number of nitrogens with zero attached hydrogens (tertiary/aromatic N) is 1. The number of rotatable bonds is 4. The van der Waals surface area contributed by atoms with Gasteiger partial charge in [0.25, 0.3) is 0 Å². The lowest BCUT2D eigenvalue weighted by Gasteiger charge is -1.99. The molecule has 124 valence electrons. The lowest BCUT2D eigenvalue weighted by molar-refractivity contribution is -0.140. The summed E-state index contributed by atoms with van der Waals surface area (Å²) in [5.74, 6) is 0.656. The fraction of sp³-hybridized carbons (Fsp3) is 0.158. The fourth-order valence-corrected chi connectivity index (χ4v) is 2.20. The lowest BCUT2D eigenvalue weighted by Crippen LogP contribution is -2.04. The average molecular weight is 325 g/mol. The van der Waals surface area contributed by atoms with Gasteiger partial charge >= 0.3 is 5.97 Å². The molecule has 0 aliphatic heterocycles. The van der Waals surface area contributed by atoms with Crippen LogP contribution in [0.4, 0.5) is 0 Å². The molecule has 1 N–H and O–H groups in total. The molecule has 0 radical (unpaired) electrons. The molecule has 3 aromatic rings. The van der Waals surface area contributed by atoms with Gasteiger partial charge in [0.05, 0.1) is 7.11 Å². The number of hydrogen-bond acceptors (Lipinski definition) is 5. The minimum absolute atomic E-state index is 0.0561. The Morgan fingerprint density at radius 1 is 1.00 bits per heavy atom. The number of carbonyl (C=O) groups excluding carboxylic acids is 1. The van der Waals surface area contributed by atoms with Crippen LogP contribution >= 0.6 is 0 Å². The Morgan fingerprint density at radius 2 is 1.54 bits per heavy atom. The third-order valence-electron chi connectivity index (χ3n) is 3.30. The number of carbonyl (C=O) groups is 1. The zero-order chi connectivity index (χ0) is 17.4. The van der Waals surface area contributed by atoms with Crippen LogP contribution in [-0.4, -0.2) is 30.3 Å². The van der Waals surface area contributed by atoms with Crippen LogP contribution in [0.5, 0.6) is 0 Å². The van der Waals surface area contributed by atoms with E-state index in [9.17, 15) is 4.79 Å². The standard InChI is InChI=1S/C18H15NO3.CH4O/c1-21-16(20)12-15-17(13-8-4-2-5-9-13)19-18(22-15)14-10-6-3-7-11-14;1-2/h2-11H,12H2,1H3;2H,1H3. The monoisotopic (exact) mass is 325 g/mol. The largest absolute Gasteiger partial charge is 0.469 e. The van der Waals surface area contributed by atoms with Crippen molar-refractivity contribution in [1.82, 2.24) is 4.98 Å². The summed E-state index contributed by atoms with van der Waals surface area (Å²) in [5.41, 5.74) is 2.45. The topological polar surface area (TPSA) is 72.6 Å². The van der Waals surface area contributed by atoms with Crippen molar-refractivity contribution in [3.05, 3.63) is 66.4 Å². The molecule has 5 heteroatoms. The highest BCUT2D eigenvalue weighted by Crippen LogP contribution is 2.29. The molecular formula is C19H19NO4. The van der Waals surface area contributed by atoms with Crippen molar-refractivity contribution in [2.45, 2.75) is 6.42 Å². The van der Waals surface area contributed by atoms with Gasteiger partial charge in [-0.3, -0.25) is 4.79 Å². The van der Waals surface area contributed by atoms with E-state index in [1.165, 1.54) is 7.11 Å². The Labute approximate surface area is 140 Å². The van der Waals surface area contributed by atoms with Crippen molar-refractivity contribution in [2.24, 2.45) is 0 Å². The van der Waals surface area contributed by atoms with E-state index < -0.39 is 0 Å². The van der Waals surface area contributed by atoms with E-state index in [2.05, 4.69) is 4.98 Å². The average Bonchev–Trinajstić information content (AvgIpc) is 3.08. The minimum atomic E-state index is -0.354. The summed E-state index contributed by atoms with van der Waals surface area (Å²) in [5, 5.41) is 7.00. The number of oxazole rings is 1. The molecule has 0 fully saturated rings. The van der Waals surface area contributed by atoms with Gasteiger partial charge in [-0.1, -0.05) is 48.5 Å². The maximum atomic E-state index is 11.6. The van der Waals surface area contributed by atoms with Gasteiger partial charge in [0, 0.05) is 18.2 Å². The van der Waals surface area contributed by atoms with Crippen molar-refractivity contribution in [3.8, 4) is 22.7 Å². The third-order valence-corrected chi connectivity index (χ3v) is 3.30. The third kappa shape index (κ3) is 4.08. The molecule has 0 bridgehead atoms. The number of hydrogen-bond donors (Lipinski definition) is 1. The molecule has 5 nitrogen and oxygen atoms in total. The zero-order valence-electron chi connectivity index (χ0n) is 13.6. The van der Waals surface area contributed by atoms with Crippen molar-refractivity contribution in [2.75, 3.05) is 14.2 Å². The first-order valence-electron chi connectivity index (χ1n) is 7.40. The van der Waals surface area contributed by atoms with E-state index in [0.29, 0.717) is 17.3 Å². The molecule has 24 heavy (non-hydrogen) atoms. The van der Waals surface area contributed by atoms with Crippen LogP contribution in [-0.2, 0) is 16.0 Å². The van der Waals surface area contributed by atoms with Crippen LogP contribution in [0.1, 0.15) is 5.76 Å². The van der Waals surface area contributed by atoms with Gasteiger partial charge < -0.3 is 14.3 Å². The van der Waals surface area contributed by atoms with Gasteiger partial charge in [-0.15, -0.1) is 0 Å². The number of aliphatic hydroxyl groups excluding tert-OH is 1. The molecule has 0 amide bonds. The SMILES string of the molecule is CO.COC(=O)Cc1oc(-c2ccccc2)nc1-c1ccccc1. The Bertz CT molecular complexity index is 767. The highest BCUT2D eigenvalue weighted by molar-refractivity contribution is 5.76. The number of methoxy groups -OCH3 is 1. The molecule has 0 saturated heterocycles. The van der Waals surface area contributed by atoms with E-state index in [-0.39, 0.29) is 12.4 Å². The highest BCUT2D eigenvalue weighted by atomic mass is 16.5. The first kappa shape index (κ1) is 17.4. The van der Waals surface area contributed by atoms with E-state index in [1.807, 2.05) is 60.7 Å². The lowest BCUT2D eigenvalue weighted by atomic mass is 10.1. The molecule has 0 unspecified atom stereocenters. The quantitative estimate of drug-likeness (QED) is 0.745.